The Kier molecular flexibility index (Phi) is 4.77. The molecule has 0 atom stereocenters. The van der Waals surface area contributed by atoms with Gasteiger partial charge in [-0.05, 0) is 36.1 Å². The van der Waals surface area contributed by atoms with E-state index in [0.29, 0.717) is 23.5 Å². The molecule has 0 bridgehead atoms. The van der Waals surface area contributed by atoms with Crippen LogP contribution in [-0.2, 0) is 0 Å². The standard InChI is InChI=1S/C16H15N5OS2/c1-3-6-21(23)16(22)20-14-5-4-11-15(19-14)18-12(8-17-11)13-7-10(2)9-24-13/h3-5,7-9,23H,1,6H2,2H3,(H,18,19,20,22). The summed E-state index contributed by atoms with van der Waals surface area (Å²) in [5.74, 6) is 0.393. The Hall–Kier alpha value is -2.45. The molecule has 6 nitrogen and oxygen atoms in total. The SMILES string of the molecule is C=CCN(S)C(=O)Nc1ccc2ncc(-c3cc(C)cs3)nc2n1. The van der Waals surface area contributed by atoms with Crippen molar-refractivity contribution in [2.45, 2.75) is 6.92 Å². The molecule has 0 saturated heterocycles. The molecular formula is C16H15N5OS2. The summed E-state index contributed by atoms with van der Waals surface area (Å²) in [6, 6.07) is 5.12. The molecule has 0 aromatic carbocycles. The van der Waals surface area contributed by atoms with Crippen LogP contribution in [0.5, 0.6) is 0 Å². The number of aryl methyl sites for hydroxylation is 1. The Bertz CT molecular complexity index is 908. The van der Waals surface area contributed by atoms with Gasteiger partial charge < -0.3 is 0 Å². The van der Waals surface area contributed by atoms with Crippen molar-refractivity contribution in [3.63, 3.8) is 0 Å². The molecule has 24 heavy (non-hydrogen) atoms. The highest BCUT2D eigenvalue weighted by atomic mass is 32.1. The van der Waals surface area contributed by atoms with E-state index in [2.05, 4.69) is 51.1 Å². The summed E-state index contributed by atoms with van der Waals surface area (Å²) in [7, 11) is 0. The molecule has 0 radical (unpaired) electrons. The second-order valence-electron chi connectivity index (χ2n) is 5.08. The maximum absolute atomic E-state index is 11.9. The second-order valence-corrected chi connectivity index (χ2v) is 6.48. The first kappa shape index (κ1) is 16.4. The fraction of sp³-hybridized carbons (Fsp3) is 0.125. The summed E-state index contributed by atoms with van der Waals surface area (Å²) >= 11 is 5.68. The zero-order valence-electron chi connectivity index (χ0n) is 12.9. The zero-order chi connectivity index (χ0) is 17.1. The van der Waals surface area contributed by atoms with Gasteiger partial charge >= 0.3 is 6.03 Å². The Morgan fingerprint density at radius 2 is 2.29 bits per heavy atom. The summed E-state index contributed by atoms with van der Waals surface area (Å²) in [6.07, 6.45) is 3.31. The molecule has 0 fully saturated rings. The number of carbonyl (C=O) groups is 1. The highest BCUT2D eigenvalue weighted by Gasteiger charge is 2.11. The lowest BCUT2D eigenvalue weighted by molar-refractivity contribution is 0.241. The second kappa shape index (κ2) is 6.98. The van der Waals surface area contributed by atoms with Crippen molar-refractivity contribution in [2.75, 3.05) is 11.9 Å². The minimum atomic E-state index is -0.386. The molecule has 3 rings (SSSR count). The molecule has 3 aromatic heterocycles. The van der Waals surface area contributed by atoms with E-state index in [0.717, 1.165) is 10.6 Å². The molecule has 0 aliphatic rings. The minimum absolute atomic E-state index is 0.324. The van der Waals surface area contributed by atoms with Crippen LogP contribution in [0.3, 0.4) is 0 Å². The number of urea groups is 1. The van der Waals surface area contributed by atoms with Crippen LogP contribution >= 0.6 is 24.2 Å². The van der Waals surface area contributed by atoms with Crippen molar-refractivity contribution in [2.24, 2.45) is 0 Å². The monoisotopic (exact) mass is 357 g/mol. The molecule has 0 aliphatic carbocycles. The molecule has 8 heteroatoms. The third-order valence-electron chi connectivity index (χ3n) is 3.16. The van der Waals surface area contributed by atoms with Gasteiger partial charge in [0.1, 0.15) is 17.0 Å². The largest absolute Gasteiger partial charge is 0.333 e. The van der Waals surface area contributed by atoms with Gasteiger partial charge in [-0.2, -0.15) is 0 Å². The van der Waals surface area contributed by atoms with E-state index in [1.54, 1.807) is 35.7 Å². The smallest absolute Gasteiger partial charge is 0.291 e. The van der Waals surface area contributed by atoms with Gasteiger partial charge in [-0.15, -0.1) is 17.9 Å². The third kappa shape index (κ3) is 3.55. The number of amides is 2. The van der Waals surface area contributed by atoms with E-state index in [1.807, 2.05) is 6.92 Å². The Morgan fingerprint density at radius 1 is 1.46 bits per heavy atom. The molecule has 3 heterocycles. The van der Waals surface area contributed by atoms with Crippen LogP contribution in [0.2, 0.25) is 0 Å². The van der Waals surface area contributed by atoms with Crippen molar-refractivity contribution >= 4 is 47.2 Å². The lowest BCUT2D eigenvalue weighted by Crippen LogP contribution is -2.27. The zero-order valence-corrected chi connectivity index (χ0v) is 14.6. The number of anilines is 1. The van der Waals surface area contributed by atoms with E-state index in [4.69, 9.17) is 0 Å². The van der Waals surface area contributed by atoms with Crippen molar-refractivity contribution in [1.29, 1.82) is 0 Å². The number of nitrogens with zero attached hydrogens (tertiary/aromatic N) is 4. The van der Waals surface area contributed by atoms with Gasteiger partial charge in [-0.1, -0.05) is 18.9 Å². The molecular weight excluding hydrogens is 342 g/mol. The minimum Gasteiger partial charge on any atom is -0.291 e. The third-order valence-corrected chi connectivity index (χ3v) is 4.58. The number of carbonyl (C=O) groups excluding carboxylic acids is 1. The van der Waals surface area contributed by atoms with E-state index in [9.17, 15) is 4.79 Å². The van der Waals surface area contributed by atoms with E-state index in [-0.39, 0.29) is 6.03 Å². The predicted molar refractivity (Wildman–Crippen MR) is 100 cm³/mol. The van der Waals surface area contributed by atoms with Gasteiger partial charge in [0, 0.05) is 0 Å². The number of hydrogen-bond acceptors (Lipinski definition) is 6. The topological polar surface area (TPSA) is 71.0 Å². The molecule has 3 aromatic rings. The Morgan fingerprint density at radius 3 is 3.00 bits per heavy atom. The molecule has 0 unspecified atom stereocenters. The van der Waals surface area contributed by atoms with Crippen LogP contribution in [0, 0.1) is 6.92 Å². The number of thiophene rings is 1. The van der Waals surface area contributed by atoms with E-state index in [1.165, 1.54) is 9.87 Å². The lowest BCUT2D eigenvalue weighted by atomic mass is 10.3. The first-order valence-electron chi connectivity index (χ1n) is 7.14. The normalized spacial score (nSPS) is 10.6. The highest BCUT2D eigenvalue weighted by Crippen LogP contribution is 2.26. The van der Waals surface area contributed by atoms with Gasteiger partial charge in [-0.25, -0.2) is 14.8 Å². The van der Waals surface area contributed by atoms with E-state index >= 15 is 0 Å². The molecule has 2 amide bonds. The van der Waals surface area contributed by atoms with Crippen LogP contribution in [0.1, 0.15) is 5.56 Å². The van der Waals surface area contributed by atoms with Crippen LogP contribution < -0.4 is 5.32 Å². The number of fused-ring (bicyclic) bond motifs is 1. The van der Waals surface area contributed by atoms with Crippen molar-refractivity contribution in [3.05, 3.63) is 48.0 Å². The first-order valence-corrected chi connectivity index (χ1v) is 8.42. The van der Waals surface area contributed by atoms with Gasteiger partial charge in [0.2, 0.25) is 0 Å². The molecule has 122 valence electrons. The van der Waals surface area contributed by atoms with Crippen LogP contribution in [0.25, 0.3) is 21.7 Å². The number of thiol groups is 1. The van der Waals surface area contributed by atoms with Gasteiger partial charge in [0.15, 0.2) is 5.65 Å². The number of rotatable bonds is 4. The number of pyridine rings is 1. The first-order chi connectivity index (χ1) is 11.6. The van der Waals surface area contributed by atoms with Gasteiger partial charge in [0.25, 0.3) is 0 Å². The molecule has 1 N–H and O–H groups in total. The summed E-state index contributed by atoms with van der Waals surface area (Å²) in [4.78, 5) is 26.3. The van der Waals surface area contributed by atoms with Crippen molar-refractivity contribution < 1.29 is 4.79 Å². The average molecular weight is 357 g/mol. The number of hydrogen-bond donors (Lipinski definition) is 2. The summed E-state index contributed by atoms with van der Waals surface area (Å²) < 4.78 is 1.20. The Balaban J connectivity index is 1.89. The molecule has 0 saturated carbocycles. The maximum Gasteiger partial charge on any atom is 0.333 e. The fourth-order valence-electron chi connectivity index (χ4n) is 2.03. The molecule has 0 spiro atoms. The fourth-order valence-corrected chi connectivity index (χ4v) is 3.05. The van der Waals surface area contributed by atoms with Crippen molar-refractivity contribution in [3.8, 4) is 10.6 Å². The maximum atomic E-state index is 11.9. The molecule has 0 aliphatic heterocycles. The van der Waals surface area contributed by atoms with E-state index < -0.39 is 0 Å². The quantitative estimate of drug-likeness (QED) is 0.548. The summed E-state index contributed by atoms with van der Waals surface area (Å²) in [5, 5.41) is 4.73. The highest BCUT2D eigenvalue weighted by molar-refractivity contribution is 7.78. The van der Waals surface area contributed by atoms with Crippen molar-refractivity contribution in [1.82, 2.24) is 19.3 Å². The Labute approximate surface area is 148 Å². The number of aromatic nitrogens is 3. The predicted octanol–water partition coefficient (Wildman–Crippen LogP) is 3.93. The number of nitrogens with one attached hydrogen (secondary N) is 1. The summed E-state index contributed by atoms with van der Waals surface area (Å²) in [5.41, 5.74) is 3.09. The van der Waals surface area contributed by atoms with Gasteiger partial charge in [-0.3, -0.25) is 14.6 Å². The lowest BCUT2D eigenvalue weighted by Gasteiger charge is -2.13. The van der Waals surface area contributed by atoms with Crippen LogP contribution in [0.15, 0.2) is 42.4 Å². The van der Waals surface area contributed by atoms with Gasteiger partial charge in [0.05, 0.1) is 17.6 Å². The van der Waals surface area contributed by atoms with Crippen LogP contribution in [-0.4, -0.2) is 31.8 Å². The average Bonchev–Trinajstić information content (AvgIpc) is 3.01. The van der Waals surface area contributed by atoms with Crippen LogP contribution in [0.4, 0.5) is 10.6 Å². The summed E-state index contributed by atoms with van der Waals surface area (Å²) in [6.45, 7) is 5.93.